The molecule has 0 spiro atoms. The maximum Gasteiger partial charge on any atom is 0.312 e. The van der Waals surface area contributed by atoms with Gasteiger partial charge in [0.15, 0.2) is 5.78 Å². The Bertz CT molecular complexity index is 806. The van der Waals surface area contributed by atoms with Crippen molar-refractivity contribution in [2.24, 2.45) is 0 Å². The number of ether oxygens (including phenoxy) is 1. The molecule has 0 fully saturated rings. The number of aryl methyl sites for hydroxylation is 1. The molecule has 0 heterocycles. The van der Waals surface area contributed by atoms with Crippen LogP contribution in [0.2, 0.25) is 0 Å². The van der Waals surface area contributed by atoms with Crippen molar-refractivity contribution in [1.82, 2.24) is 0 Å². The van der Waals surface area contributed by atoms with Crippen molar-refractivity contribution >= 4 is 11.5 Å². The van der Waals surface area contributed by atoms with Gasteiger partial charge in [0.05, 0.1) is 16.6 Å². The fourth-order valence-corrected chi connectivity index (χ4v) is 1.92. The van der Waals surface area contributed by atoms with Crippen LogP contribution in [0.4, 0.5) is 5.69 Å². The van der Waals surface area contributed by atoms with Crippen LogP contribution < -0.4 is 4.74 Å². The van der Waals surface area contributed by atoms with Crippen LogP contribution >= 0.6 is 0 Å². The Kier molecular flexibility index (Phi) is 4.18. The molecule has 0 saturated heterocycles. The number of nitrogens with zero attached hydrogens (tertiary/aromatic N) is 2. The molecule has 2 aromatic rings. The van der Waals surface area contributed by atoms with Crippen LogP contribution in [-0.2, 0) is 0 Å². The fourth-order valence-electron chi connectivity index (χ4n) is 1.92. The van der Waals surface area contributed by atoms with Crippen molar-refractivity contribution in [3.8, 4) is 17.6 Å². The molecule has 0 aliphatic heterocycles. The van der Waals surface area contributed by atoms with Gasteiger partial charge in [-0.05, 0) is 49.7 Å². The van der Waals surface area contributed by atoms with Crippen molar-refractivity contribution in [1.29, 1.82) is 5.26 Å². The lowest BCUT2D eigenvalue weighted by atomic mass is 10.1. The molecular weight excluding hydrogens is 284 g/mol. The first kappa shape index (κ1) is 15.2. The number of Topliss-reactive ketones (excluding diaryl/α,β-unsaturated/α-hetero) is 1. The van der Waals surface area contributed by atoms with E-state index in [-0.39, 0.29) is 22.8 Å². The Morgan fingerprint density at radius 2 is 1.91 bits per heavy atom. The Hall–Kier alpha value is -3.20. The number of rotatable bonds is 4. The zero-order chi connectivity index (χ0) is 16.3. The third-order valence-electron chi connectivity index (χ3n) is 3.09. The summed E-state index contributed by atoms with van der Waals surface area (Å²) in [6, 6.07) is 10.8. The standard InChI is InChI=1S/C16H12N2O4/c1-10-7-12(9-17)3-5-15(10)22-16-6-4-13(11(2)19)8-14(16)18(20)21/h3-8H,1-2H3. The van der Waals surface area contributed by atoms with E-state index in [2.05, 4.69) is 0 Å². The van der Waals surface area contributed by atoms with Gasteiger partial charge in [-0.15, -0.1) is 0 Å². The van der Waals surface area contributed by atoms with Crippen molar-refractivity contribution in [3.05, 3.63) is 63.2 Å². The summed E-state index contributed by atoms with van der Waals surface area (Å²) < 4.78 is 5.57. The third kappa shape index (κ3) is 3.10. The maximum atomic E-state index is 11.3. The number of hydrogen-bond acceptors (Lipinski definition) is 5. The summed E-state index contributed by atoms with van der Waals surface area (Å²) in [6.45, 7) is 3.08. The first-order valence-corrected chi connectivity index (χ1v) is 6.40. The van der Waals surface area contributed by atoms with E-state index in [4.69, 9.17) is 10.00 Å². The molecule has 0 aliphatic rings. The molecule has 2 aromatic carbocycles. The van der Waals surface area contributed by atoms with Gasteiger partial charge in [0, 0.05) is 11.6 Å². The molecule has 0 atom stereocenters. The van der Waals surface area contributed by atoms with E-state index in [0.717, 1.165) is 0 Å². The van der Waals surface area contributed by atoms with Crippen LogP contribution in [0.1, 0.15) is 28.4 Å². The number of benzene rings is 2. The highest BCUT2D eigenvalue weighted by Crippen LogP contribution is 2.33. The molecule has 0 saturated carbocycles. The Morgan fingerprint density at radius 1 is 1.23 bits per heavy atom. The van der Waals surface area contributed by atoms with Crippen molar-refractivity contribution in [2.45, 2.75) is 13.8 Å². The molecule has 0 radical (unpaired) electrons. The molecule has 2 rings (SSSR count). The minimum absolute atomic E-state index is 0.0443. The molecule has 0 unspecified atom stereocenters. The van der Waals surface area contributed by atoms with Gasteiger partial charge >= 0.3 is 5.69 Å². The quantitative estimate of drug-likeness (QED) is 0.486. The topological polar surface area (TPSA) is 93.2 Å². The number of ketones is 1. The highest BCUT2D eigenvalue weighted by Gasteiger charge is 2.18. The summed E-state index contributed by atoms with van der Waals surface area (Å²) in [5.74, 6) is 0.199. The SMILES string of the molecule is CC(=O)c1ccc(Oc2ccc(C#N)cc2C)c([N+](=O)[O-])c1. The number of carbonyl (C=O) groups excluding carboxylic acids is 1. The van der Waals surface area contributed by atoms with E-state index in [1.807, 2.05) is 6.07 Å². The Labute approximate surface area is 126 Å². The van der Waals surface area contributed by atoms with Crippen LogP contribution in [0, 0.1) is 28.4 Å². The molecule has 0 bridgehead atoms. The van der Waals surface area contributed by atoms with Gasteiger partial charge in [-0.1, -0.05) is 0 Å². The first-order valence-electron chi connectivity index (χ1n) is 6.40. The van der Waals surface area contributed by atoms with E-state index in [1.165, 1.54) is 25.1 Å². The van der Waals surface area contributed by atoms with Gasteiger partial charge < -0.3 is 4.74 Å². The van der Waals surface area contributed by atoms with Crippen molar-refractivity contribution in [2.75, 3.05) is 0 Å². The molecule has 0 N–H and O–H groups in total. The molecule has 6 nitrogen and oxygen atoms in total. The van der Waals surface area contributed by atoms with E-state index < -0.39 is 4.92 Å². The van der Waals surface area contributed by atoms with Gasteiger partial charge in [0.25, 0.3) is 0 Å². The average Bonchev–Trinajstić information content (AvgIpc) is 2.49. The van der Waals surface area contributed by atoms with E-state index in [0.29, 0.717) is 16.9 Å². The predicted molar refractivity (Wildman–Crippen MR) is 79.1 cm³/mol. The molecule has 0 aliphatic carbocycles. The minimum Gasteiger partial charge on any atom is -0.450 e. The average molecular weight is 296 g/mol. The van der Waals surface area contributed by atoms with Crippen LogP contribution in [0.5, 0.6) is 11.5 Å². The summed E-state index contributed by atoms with van der Waals surface area (Å²) in [5, 5.41) is 20.0. The number of hydrogen-bond donors (Lipinski definition) is 0. The van der Waals surface area contributed by atoms with Gasteiger partial charge in [-0.2, -0.15) is 5.26 Å². The second-order valence-corrected chi connectivity index (χ2v) is 4.69. The number of nitro groups is 1. The second-order valence-electron chi connectivity index (χ2n) is 4.69. The Balaban J connectivity index is 2.43. The summed E-state index contributed by atoms with van der Waals surface area (Å²) >= 11 is 0. The van der Waals surface area contributed by atoms with Crippen LogP contribution in [0.3, 0.4) is 0 Å². The van der Waals surface area contributed by atoms with Crippen LogP contribution in [0.25, 0.3) is 0 Å². The highest BCUT2D eigenvalue weighted by molar-refractivity contribution is 5.95. The van der Waals surface area contributed by atoms with Gasteiger partial charge in [0.1, 0.15) is 5.75 Å². The highest BCUT2D eigenvalue weighted by atomic mass is 16.6. The maximum absolute atomic E-state index is 11.3. The molecule has 22 heavy (non-hydrogen) atoms. The molecule has 0 amide bonds. The zero-order valence-electron chi connectivity index (χ0n) is 12.0. The fraction of sp³-hybridized carbons (Fsp3) is 0.125. The number of carbonyl (C=O) groups is 1. The Morgan fingerprint density at radius 3 is 2.45 bits per heavy atom. The summed E-state index contributed by atoms with van der Waals surface area (Å²) in [7, 11) is 0. The molecular formula is C16H12N2O4. The second kappa shape index (κ2) is 6.06. The number of nitriles is 1. The van der Waals surface area contributed by atoms with Crippen molar-refractivity contribution < 1.29 is 14.5 Å². The van der Waals surface area contributed by atoms with Crippen LogP contribution in [0.15, 0.2) is 36.4 Å². The van der Waals surface area contributed by atoms with Gasteiger partial charge in [0.2, 0.25) is 5.75 Å². The monoisotopic (exact) mass is 296 g/mol. The van der Waals surface area contributed by atoms with E-state index in [1.54, 1.807) is 25.1 Å². The largest absolute Gasteiger partial charge is 0.450 e. The third-order valence-corrected chi connectivity index (χ3v) is 3.09. The van der Waals surface area contributed by atoms with Gasteiger partial charge in [-0.3, -0.25) is 14.9 Å². The summed E-state index contributed by atoms with van der Waals surface area (Å²) in [4.78, 5) is 21.9. The molecule has 110 valence electrons. The van der Waals surface area contributed by atoms with Crippen molar-refractivity contribution in [3.63, 3.8) is 0 Å². The van der Waals surface area contributed by atoms with E-state index >= 15 is 0 Å². The van der Waals surface area contributed by atoms with Crippen LogP contribution in [-0.4, -0.2) is 10.7 Å². The summed E-state index contributed by atoms with van der Waals surface area (Å²) in [6.07, 6.45) is 0. The number of nitro benzene ring substituents is 1. The minimum atomic E-state index is -0.596. The zero-order valence-corrected chi connectivity index (χ0v) is 12.0. The molecule has 0 aromatic heterocycles. The lowest BCUT2D eigenvalue weighted by Crippen LogP contribution is -1.98. The predicted octanol–water partition coefficient (Wildman–Crippen LogP) is 3.77. The molecule has 6 heteroatoms. The van der Waals surface area contributed by atoms with Gasteiger partial charge in [-0.25, -0.2) is 0 Å². The lowest BCUT2D eigenvalue weighted by Gasteiger charge is -2.09. The smallest absolute Gasteiger partial charge is 0.312 e. The summed E-state index contributed by atoms with van der Waals surface area (Å²) in [5.41, 5.74) is 1.13. The van der Waals surface area contributed by atoms with E-state index in [9.17, 15) is 14.9 Å². The normalized spacial score (nSPS) is 9.86. The lowest BCUT2D eigenvalue weighted by molar-refractivity contribution is -0.385. The first-order chi connectivity index (χ1) is 10.4.